The third kappa shape index (κ3) is 3.53. The predicted octanol–water partition coefficient (Wildman–Crippen LogP) is 2.47. The quantitative estimate of drug-likeness (QED) is 0.590. The summed E-state index contributed by atoms with van der Waals surface area (Å²) in [7, 11) is 0. The van der Waals surface area contributed by atoms with Crippen LogP contribution in [0.3, 0.4) is 0 Å². The van der Waals surface area contributed by atoms with E-state index in [2.05, 4.69) is 0 Å². The lowest BCUT2D eigenvalue weighted by molar-refractivity contribution is -0.384. The van der Waals surface area contributed by atoms with E-state index in [1.807, 2.05) is 17.0 Å². The maximum absolute atomic E-state index is 13.0. The number of nitro benzene ring substituents is 1. The van der Waals surface area contributed by atoms with E-state index in [-0.39, 0.29) is 22.4 Å². The van der Waals surface area contributed by atoms with Crippen molar-refractivity contribution in [1.82, 2.24) is 4.90 Å². The molecule has 2 heterocycles. The van der Waals surface area contributed by atoms with Crippen LogP contribution in [-0.2, 0) is 11.2 Å². The summed E-state index contributed by atoms with van der Waals surface area (Å²) in [5.41, 5.74) is 3.19. The standard InChI is InChI=1S/C21H22N4O4/c1-15(26)24-9-8-16-14-17(6-7-18(16)24)21(27)23-12-10-22(11-13-23)19-4-2-3-5-20(19)25(28)29/h2-7,14H,8-13H2,1H3. The molecule has 0 N–H and O–H groups in total. The van der Waals surface area contributed by atoms with Gasteiger partial charge in [-0.1, -0.05) is 12.1 Å². The van der Waals surface area contributed by atoms with E-state index in [4.69, 9.17) is 0 Å². The number of hydrogen-bond donors (Lipinski definition) is 0. The number of fused-ring (bicyclic) bond motifs is 1. The van der Waals surface area contributed by atoms with Crippen LogP contribution in [0.25, 0.3) is 0 Å². The smallest absolute Gasteiger partial charge is 0.292 e. The Kier molecular flexibility index (Phi) is 4.92. The molecule has 0 radical (unpaired) electrons. The Balaban J connectivity index is 1.45. The molecule has 0 aliphatic carbocycles. The predicted molar refractivity (Wildman–Crippen MR) is 109 cm³/mol. The van der Waals surface area contributed by atoms with Crippen LogP contribution in [0.1, 0.15) is 22.8 Å². The summed E-state index contributed by atoms with van der Waals surface area (Å²) in [6.07, 6.45) is 0.751. The van der Waals surface area contributed by atoms with Crippen LogP contribution in [-0.4, -0.2) is 54.4 Å². The number of piperazine rings is 1. The SMILES string of the molecule is CC(=O)N1CCc2cc(C(=O)N3CCN(c4ccccc4[N+](=O)[O-])CC3)ccc21. The summed E-state index contributed by atoms with van der Waals surface area (Å²) in [5.74, 6) is -0.0368. The normalized spacial score (nSPS) is 16.0. The lowest BCUT2D eigenvalue weighted by atomic mass is 10.1. The molecule has 150 valence electrons. The minimum absolute atomic E-state index is 0.00829. The average Bonchev–Trinajstić information content (AvgIpc) is 3.17. The Bertz CT molecular complexity index is 982. The number of nitrogens with zero attached hydrogens (tertiary/aromatic N) is 4. The molecule has 2 amide bonds. The van der Waals surface area contributed by atoms with Crippen molar-refractivity contribution in [3.05, 3.63) is 63.7 Å². The van der Waals surface area contributed by atoms with E-state index in [1.165, 1.54) is 6.07 Å². The number of hydrogen-bond acceptors (Lipinski definition) is 5. The molecule has 0 bridgehead atoms. The third-order valence-corrected chi connectivity index (χ3v) is 5.59. The van der Waals surface area contributed by atoms with Gasteiger partial charge in [0.25, 0.3) is 11.6 Å². The molecule has 2 aliphatic heterocycles. The maximum Gasteiger partial charge on any atom is 0.292 e. The van der Waals surface area contributed by atoms with Crippen molar-refractivity contribution in [2.75, 3.05) is 42.5 Å². The fourth-order valence-corrected chi connectivity index (χ4v) is 4.08. The highest BCUT2D eigenvalue weighted by molar-refractivity contribution is 5.98. The van der Waals surface area contributed by atoms with Gasteiger partial charge in [-0.2, -0.15) is 0 Å². The van der Waals surface area contributed by atoms with Crippen LogP contribution < -0.4 is 9.80 Å². The monoisotopic (exact) mass is 394 g/mol. The van der Waals surface area contributed by atoms with E-state index < -0.39 is 0 Å². The van der Waals surface area contributed by atoms with E-state index in [1.54, 1.807) is 41.0 Å². The highest BCUT2D eigenvalue weighted by Crippen LogP contribution is 2.30. The first-order chi connectivity index (χ1) is 14.0. The van der Waals surface area contributed by atoms with Gasteiger partial charge in [0.05, 0.1) is 4.92 Å². The number of rotatable bonds is 3. The molecule has 2 aliphatic rings. The van der Waals surface area contributed by atoms with Gasteiger partial charge in [-0.25, -0.2) is 0 Å². The summed E-state index contributed by atoms with van der Waals surface area (Å²) >= 11 is 0. The van der Waals surface area contributed by atoms with Crippen LogP contribution in [0, 0.1) is 10.1 Å². The Labute approximate surface area is 168 Å². The second-order valence-corrected chi connectivity index (χ2v) is 7.29. The Hall–Kier alpha value is -3.42. The summed E-state index contributed by atoms with van der Waals surface area (Å²) in [5, 5.41) is 11.3. The number of anilines is 2. The van der Waals surface area contributed by atoms with E-state index in [0.717, 1.165) is 17.7 Å². The highest BCUT2D eigenvalue weighted by atomic mass is 16.6. The molecule has 0 atom stereocenters. The van der Waals surface area contributed by atoms with Gasteiger partial charge in [0.2, 0.25) is 5.91 Å². The van der Waals surface area contributed by atoms with Crippen molar-refractivity contribution < 1.29 is 14.5 Å². The highest BCUT2D eigenvalue weighted by Gasteiger charge is 2.28. The summed E-state index contributed by atoms with van der Waals surface area (Å²) in [4.78, 5) is 41.0. The average molecular weight is 394 g/mol. The second kappa shape index (κ2) is 7.54. The molecule has 2 aromatic rings. The van der Waals surface area contributed by atoms with Gasteiger partial charge in [0.1, 0.15) is 5.69 Å². The van der Waals surface area contributed by atoms with Crippen LogP contribution >= 0.6 is 0 Å². The third-order valence-electron chi connectivity index (χ3n) is 5.59. The maximum atomic E-state index is 13.0. The number of carbonyl (C=O) groups is 2. The molecule has 1 saturated heterocycles. The van der Waals surface area contributed by atoms with E-state index in [9.17, 15) is 19.7 Å². The molecule has 0 unspecified atom stereocenters. The first-order valence-electron chi connectivity index (χ1n) is 9.64. The van der Waals surface area contributed by atoms with E-state index >= 15 is 0 Å². The van der Waals surface area contributed by atoms with Crippen LogP contribution in [0.4, 0.5) is 17.1 Å². The number of benzene rings is 2. The number of nitro groups is 1. The minimum Gasteiger partial charge on any atom is -0.362 e. The molecule has 8 heteroatoms. The molecule has 0 spiro atoms. The lowest BCUT2D eigenvalue weighted by Gasteiger charge is -2.35. The molecular formula is C21H22N4O4. The first kappa shape index (κ1) is 18.9. The molecule has 8 nitrogen and oxygen atoms in total. The topological polar surface area (TPSA) is 87.0 Å². The van der Waals surface area contributed by atoms with E-state index in [0.29, 0.717) is 44.0 Å². The molecule has 0 aromatic heterocycles. The number of para-hydroxylation sites is 2. The summed E-state index contributed by atoms with van der Waals surface area (Å²) < 4.78 is 0. The fraction of sp³-hybridized carbons (Fsp3) is 0.333. The van der Waals surface area contributed by atoms with Gasteiger partial charge in [0.15, 0.2) is 0 Å². The second-order valence-electron chi connectivity index (χ2n) is 7.29. The van der Waals surface area contributed by atoms with Gasteiger partial charge in [-0.05, 0) is 36.2 Å². The zero-order valence-corrected chi connectivity index (χ0v) is 16.2. The van der Waals surface area contributed by atoms with Crippen LogP contribution in [0.15, 0.2) is 42.5 Å². The first-order valence-corrected chi connectivity index (χ1v) is 9.64. The van der Waals surface area contributed by atoms with Gasteiger partial charge in [-0.15, -0.1) is 0 Å². The largest absolute Gasteiger partial charge is 0.362 e. The molecule has 1 fully saturated rings. The Morgan fingerprint density at radius 3 is 2.38 bits per heavy atom. The van der Waals surface area contributed by atoms with Crippen molar-refractivity contribution in [2.45, 2.75) is 13.3 Å². The summed E-state index contributed by atoms with van der Waals surface area (Å²) in [6, 6.07) is 12.2. The van der Waals surface area contributed by atoms with Crippen LogP contribution in [0.2, 0.25) is 0 Å². The van der Waals surface area contributed by atoms with Gasteiger partial charge in [-0.3, -0.25) is 19.7 Å². The zero-order chi connectivity index (χ0) is 20.5. The minimum atomic E-state index is -0.373. The molecule has 2 aromatic carbocycles. The zero-order valence-electron chi connectivity index (χ0n) is 16.2. The Morgan fingerprint density at radius 2 is 1.69 bits per heavy atom. The van der Waals surface area contributed by atoms with Crippen molar-refractivity contribution in [3.63, 3.8) is 0 Å². The Morgan fingerprint density at radius 1 is 0.966 bits per heavy atom. The summed E-state index contributed by atoms with van der Waals surface area (Å²) in [6.45, 7) is 4.28. The van der Waals surface area contributed by atoms with Crippen molar-refractivity contribution in [2.24, 2.45) is 0 Å². The van der Waals surface area contributed by atoms with Crippen molar-refractivity contribution in [3.8, 4) is 0 Å². The van der Waals surface area contributed by atoms with Crippen molar-refractivity contribution in [1.29, 1.82) is 0 Å². The van der Waals surface area contributed by atoms with Crippen molar-refractivity contribution >= 4 is 28.9 Å². The molecular weight excluding hydrogens is 372 g/mol. The molecule has 29 heavy (non-hydrogen) atoms. The number of amides is 2. The molecule has 4 rings (SSSR count). The van der Waals surface area contributed by atoms with Crippen LogP contribution in [0.5, 0.6) is 0 Å². The van der Waals surface area contributed by atoms with Gasteiger partial charge >= 0.3 is 0 Å². The van der Waals surface area contributed by atoms with Gasteiger partial charge < -0.3 is 14.7 Å². The van der Waals surface area contributed by atoms with Gasteiger partial charge in [0, 0.05) is 57.0 Å². The fourth-order valence-electron chi connectivity index (χ4n) is 4.08. The molecule has 0 saturated carbocycles. The number of carbonyl (C=O) groups excluding carboxylic acids is 2. The lowest BCUT2D eigenvalue weighted by Crippen LogP contribution is -2.49.